The third-order valence-electron chi connectivity index (χ3n) is 5.33. The Bertz CT molecular complexity index is 677. The van der Waals surface area contributed by atoms with E-state index in [0.29, 0.717) is 18.5 Å². The number of carbonyl (C=O) groups excluding carboxylic acids is 1. The van der Waals surface area contributed by atoms with Crippen molar-refractivity contribution >= 4 is 12.0 Å². The molecule has 1 aromatic carbocycles. The molecule has 2 aliphatic carbocycles. The molecule has 1 aliphatic heterocycles. The van der Waals surface area contributed by atoms with Crippen LogP contribution in [0.4, 0.5) is 4.39 Å². The summed E-state index contributed by atoms with van der Waals surface area (Å²) >= 11 is 0. The number of ketones is 1. The van der Waals surface area contributed by atoms with Crippen LogP contribution in [0, 0.1) is 5.82 Å². The zero-order valence-corrected chi connectivity index (χ0v) is 13.1. The number of benzene rings is 1. The summed E-state index contributed by atoms with van der Waals surface area (Å²) in [5.74, 6) is 0.0407. The lowest BCUT2D eigenvalue weighted by Crippen LogP contribution is -2.41. The van der Waals surface area contributed by atoms with E-state index in [1.807, 2.05) is 6.21 Å². The third-order valence-corrected chi connectivity index (χ3v) is 5.33. The number of rotatable bonds is 1. The van der Waals surface area contributed by atoms with Gasteiger partial charge in [-0.25, -0.2) is 4.39 Å². The van der Waals surface area contributed by atoms with Gasteiger partial charge in [-0.2, -0.15) is 0 Å². The molecule has 1 aromatic rings. The predicted octanol–water partition coefficient (Wildman–Crippen LogP) is 3.51. The molecule has 1 N–H and O–H groups in total. The van der Waals surface area contributed by atoms with Crippen molar-refractivity contribution in [3.63, 3.8) is 0 Å². The zero-order valence-electron chi connectivity index (χ0n) is 13.1. The minimum Gasteiger partial charge on any atom is -0.383 e. The highest BCUT2D eigenvalue weighted by Crippen LogP contribution is 2.35. The van der Waals surface area contributed by atoms with Crippen LogP contribution in [0.25, 0.3) is 0 Å². The van der Waals surface area contributed by atoms with Crippen molar-refractivity contribution in [2.45, 2.75) is 56.5 Å². The quantitative estimate of drug-likeness (QED) is 0.862. The van der Waals surface area contributed by atoms with Crippen LogP contribution in [0.15, 0.2) is 40.5 Å². The second-order valence-corrected chi connectivity index (χ2v) is 6.85. The molecule has 0 bridgehead atoms. The molecule has 3 atom stereocenters. The second-order valence-electron chi connectivity index (χ2n) is 6.85. The Morgan fingerprint density at radius 2 is 1.87 bits per heavy atom. The van der Waals surface area contributed by atoms with Crippen molar-refractivity contribution in [2.75, 3.05) is 0 Å². The predicted molar refractivity (Wildman–Crippen MR) is 88.1 cm³/mol. The van der Waals surface area contributed by atoms with E-state index in [1.54, 1.807) is 12.1 Å². The number of carbonyl (C=O) groups is 1. The normalized spacial score (nSPS) is 30.3. The van der Waals surface area contributed by atoms with Gasteiger partial charge in [-0.1, -0.05) is 25.0 Å². The van der Waals surface area contributed by atoms with Gasteiger partial charge in [-0.15, -0.1) is 0 Å². The summed E-state index contributed by atoms with van der Waals surface area (Å²) in [5.41, 5.74) is 2.83. The Labute approximate surface area is 135 Å². The van der Waals surface area contributed by atoms with Gasteiger partial charge in [0.25, 0.3) is 0 Å². The monoisotopic (exact) mass is 312 g/mol. The van der Waals surface area contributed by atoms with E-state index in [4.69, 9.17) is 0 Å². The van der Waals surface area contributed by atoms with Gasteiger partial charge in [0.2, 0.25) is 0 Å². The lowest BCUT2D eigenvalue weighted by molar-refractivity contribution is -0.115. The molecule has 1 fully saturated rings. The van der Waals surface area contributed by atoms with Gasteiger partial charge in [0.05, 0.1) is 11.6 Å². The maximum absolute atomic E-state index is 13.1. The highest BCUT2D eigenvalue weighted by atomic mass is 19.1. The lowest BCUT2D eigenvalue weighted by atomic mass is 9.81. The fraction of sp³-hybridized carbons (Fsp3) is 0.474. The van der Waals surface area contributed by atoms with Crippen molar-refractivity contribution < 1.29 is 9.18 Å². The topological polar surface area (TPSA) is 41.5 Å². The van der Waals surface area contributed by atoms with Crippen molar-refractivity contribution in [1.82, 2.24) is 5.32 Å². The zero-order chi connectivity index (χ0) is 15.8. The molecule has 3 aliphatic rings. The number of nitrogens with one attached hydrogen (secondary N) is 1. The Hall–Kier alpha value is -1.97. The molecule has 3 nitrogen and oxygen atoms in total. The molecule has 23 heavy (non-hydrogen) atoms. The number of nitrogens with zero attached hydrogens (tertiary/aromatic N) is 1. The van der Waals surface area contributed by atoms with E-state index in [1.165, 1.54) is 25.0 Å². The molecule has 0 unspecified atom stereocenters. The SMILES string of the molecule is O=C1C[C@H](c2ccc(F)cc2)CC2=C1C=N[C@@H]1CCCC[C@@H]1N2. The van der Waals surface area contributed by atoms with Gasteiger partial charge in [0, 0.05) is 24.4 Å². The number of hydrogen-bond donors (Lipinski definition) is 1. The first-order chi connectivity index (χ1) is 11.2. The molecule has 1 heterocycles. The van der Waals surface area contributed by atoms with Crippen LogP contribution in [0.5, 0.6) is 0 Å². The van der Waals surface area contributed by atoms with Gasteiger partial charge in [0.15, 0.2) is 5.78 Å². The summed E-state index contributed by atoms with van der Waals surface area (Å²) in [5, 5.41) is 3.62. The van der Waals surface area contributed by atoms with Gasteiger partial charge in [-0.05, 0) is 42.9 Å². The molecule has 4 rings (SSSR count). The van der Waals surface area contributed by atoms with Crippen LogP contribution in [0.3, 0.4) is 0 Å². The molecule has 4 heteroatoms. The molecule has 0 spiro atoms. The van der Waals surface area contributed by atoms with E-state index < -0.39 is 0 Å². The highest BCUT2D eigenvalue weighted by Gasteiger charge is 2.33. The maximum atomic E-state index is 13.1. The second kappa shape index (κ2) is 5.91. The number of halogens is 1. The van der Waals surface area contributed by atoms with Crippen LogP contribution in [0.2, 0.25) is 0 Å². The summed E-state index contributed by atoms with van der Waals surface area (Å²) in [6.45, 7) is 0. The van der Waals surface area contributed by atoms with E-state index in [-0.39, 0.29) is 17.5 Å². The molecular formula is C19H21FN2O. The first-order valence-corrected chi connectivity index (χ1v) is 8.52. The fourth-order valence-electron chi connectivity index (χ4n) is 4.04. The molecule has 0 aromatic heterocycles. The highest BCUT2D eigenvalue weighted by molar-refractivity contribution is 6.15. The summed E-state index contributed by atoms with van der Waals surface area (Å²) in [7, 11) is 0. The summed E-state index contributed by atoms with van der Waals surface area (Å²) in [6, 6.07) is 7.20. The van der Waals surface area contributed by atoms with Crippen LogP contribution in [-0.2, 0) is 4.79 Å². The minimum atomic E-state index is -0.236. The Morgan fingerprint density at radius 3 is 2.70 bits per heavy atom. The number of hydrogen-bond acceptors (Lipinski definition) is 3. The third kappa shape index (κ3) is 2.82. The van der Waals surface area contributed by atoms with Crippen LogP contribution in [0.1, 0.15) is 50.0 Å². The van der Waals surface area contributed by atoms with Gasteiger partial charge < -0.3 is 5.32 Å². The first-order valence-electron chi connectivity index (χ1n) is 8.52. The van der Waals surface area contributed by atoms with E-state index in [0.717, 1.165) is 36.1 Å². The summed E-state index contributed by atoms with van der Waals surface area (Å²) < 4.78 is 13.1. The lowest BCUT2D eigenvalue weighted by Gasteiger charge is -2.32. The standard InChI is InChI=1S/C19H21FN2O/c20-14-7-5-12(6-8-14)13-9-18-15(19(23)10-13)11-21-16-3-1-2-4-17(16)22-18/h5-8,11,13,16-17,22H,1-4,9-10H2/t13-,16-,17+/m1/s1. The van der Waals surface area contributed by atoms with E-state index in [9.17, 15) is 9.18 Å². The summed E-state index contributed by atoms with van der Waals surface area (Å²) in [4.78, 5) is 17.2. The smallest absolute Gasteiger partial charge is 0.166 e. The van der Waals surface area contributed by atoms with Gasteiger partial charge in [0.1, 0.15) is 5.82 Å². The molecular weight excluding hydrogens is 291 g/mol. The Morgan fingerprint density at radius 1 is 1.09 bits per heavy atom. The van der Waals surface area contributed by atoms with Gasteiger partial charge in [-0.3, -0.25) is 9.79 Å². The summed E-state index contributed by atoms with van der Waals surface area (Å²) in [6.07, 6.45) is 7.76. The van der Waals surface area contributed by atoms with Gasteiger partial charge >= 0.3 is 0 Å². The van der Waals surface area contributed by atoms with Crippen molar-refractivity contribution in [3.05, 3.63) is 46.9 Å². The maximum Gasteiger partial charge on any atom is 0.166 e. The Balaban J connectivity index is 1.61. The number of aliphatic imine (C=N–C) groups is 1. The molecule has 0 amide bonds. The van der Waals surface area contributed by atoms with Crippen LogP contribution in [-0.4, -0.2) is 24.1 Å². The van der Waals surface area contributed by atoms with Crippen LogP contribution >= 0.6 is 0 Å². The Kier molecular flexibility index (Phi) is 3.76. The largest absolute Gasteiger partial charge is 0.383 e. The van der Waals surface area contributed by atoms with Crippen molar-refractivity contribution in [3.8, 4) is 0 Å². The molecule has 1 saturated carbocycles. The number of fused-ring (bicyclic) bond motifs is 1. The fourth-order valence-corrected chi connectivity index (χ4v) is 4.04. The molecule has 0 radical (unpaired) electrons. The number of Topliss-reactive ketones (excluding diaryl/α,β-unsaturated/α-hetero) is 1. The average Bonchev–Trinajstić information content (AvgIpc) is 2.74. The first kappa shape index (κ1) is 14.6. The van der Waals surface area contributed by atoms with Crippen molar-refractivity contribution in [1.29, 1.82) is 0 Å². The van der Waals surface area contributed by atoms with Crippen molar-refractivity contribution in [2.24, 2.45) is 4.99 Å². The average molecular weight is 312 g/mol. The van der Waals surface area contributed by atoms with E-state index in [2.05, 4.69) is 10.3 Å². The van der Waals surface area contributed by atoms with Crippen LogP contribution < -0.4 is 5.32 Å². The molecule has 0 saturated heterocycles. The van der Waals surface area contributed by atoms with E-state index >= 15 is 0 Å². The number of allylic oxidation sites excluding steroid dienone is 2. The molecule has 120 valence electrons. The minimum absolute atomic E-state index is 0.128.